The lowest BCUT2D eigenvalue weighted by Gasteiger charge is -2.14. The zero-order valence-electron chi connectivity index (χ0n) is 10.9. The van der Waals surface area contributed by atoms with Gasteiger partial charge >= 0.3 is 0 Å². The van der Waals surface area contributed by atoms with Gasteiger partial charge in [0.2, 0.25) is 5.91 Å². The number of nitrogens with one attached hydrogen (secondary N) is 1. The Kier molecular flexibility index (Phi) is 4.67. The number of pyridine rings is 1. The summed E-state index contributed by atoms with van der Waals surface area (Å²) in [5.74, 6) is -0.218. The van der Waals surface area contributed by atoms with Crippen LogP contribution in [0.3, 0.4) is 0 Å². The number of aromatic nitrogens is 1. The number of hydrogen-bond donors (Lipinski definition) is 1. The number of nitrogens with zero attached hydrogens (tertiary/aromatic N) is 2. The third kappa shape index (κ3) is 3.20. The van der Waals surface area contributed by atoms with E-state index in [1.165, 1.54) is 10.6 Å². The molecule has 1 N–H and O–H groups in total. The molecule has 0 aliphatic heterocycles. The predicted molar refractivity (Wildman–Crippen MR) is 68.0 cm³/mol. The normalized spacial score (nSPS) is 11.7. The molecule has 0 aliphatic carbocycles. The maximum Gasteiger partial charge on any atom is 0.269 e. The van der Waals surface area contributed by atoms with E-state index in [0.717, 1.165) is 6.42 Å². The largest absolute Gasteiger partial charge is 0.352 e. The van der Waals surface area contributed by atoms with Gasteiger partial charge in [-0.2, -0.15) is 5.26 Å². The van der Waals surface area contributed by atoms with Gasteiger partial charge < -0.3 is 9.88 Å². The van der Waals surface area contributed by atoms with Crippen molar-refractivity contribution in [3.63, 3.8) is 0 Å². The third-order valence-electron chi connectivity index (χ3n) is 2.83. The van der Waals surface area contributed by atoms with Gasteiger partial charge in [-0.25, -0.2) is 0 Å². The molecule has 5 nitrogen and oxygen atoms in total. The molecule has 0 radical (unpaired) electrons. The molecule has 1 unspecified atom stereocenters. The number of carbonyl (C=O) groups excluding carboxylic acids is 1. The first-order valence-corrected chi connectivity index (χ1v) is 5.89. The van der Waals surface area contributed by atoms with Crippen LogP contribution in [0.2, 0.25) is 0 Å². The molecule has 1 heterocycles. The van der Waals surface area contributed by atoms with Crippen molar-refractivity contribution >= 4 is 5.91 Å². The van der Waals surface area contributed by atoms with Crippen molar-refractivity contribution < 1.29 is 4.79 Å². The van der Waals surface area contributed by atoms with Crippen LogP contribution in [0.1, 0.15) is 31.5 Å². The number of rotatable bonds is 4. The highest BCUT2D eigenvalue weighted by Crippen LogP contribution is 1.98. The summed E-state index contributed by atoms with van der Waals surface area (Å²) in [4.78, 5) is 23.6. The van der Waals surface area contributed by atoms with Crippen molar-refractivity contribution in [1.29, 1.82) is 5.26 Å². The summed E-state index contributed by atoms with van der Waals surface area (Å²) in [6.07, 6.45) is 0.831. The topological polar surface area (TPSA) is 74.9 Å². The van der Waals surface area contributed by atoms with Crippen LogP contribution in [0.15, 0.2) is 16.9 Å². The van der Waals surface area contributed by atoms with Crippen molar-refractivity contribution in [3.8, 4) is 6.07 Å². The van der Waals surface area contributed by atoms with Gasteiger partial charge in [-0.15, -0.1) is 0 Å². The Morgan fingerprint density at radius 3 is 2.78 bits per heavy atom. The maximum absolute atomic E-state index is 11.9. The fourth-order valence-electron chi connectivity index (χ4n) is 1.52. The lowest BCUT2D eigenvalue weighted by Crippen LogP contribution is -2.38. The summed E-state index contributed by atoms with van der Waals surface area (Å²) in [5, 5.41) is 11.6. The zero-order chi connectivity index (χ0) is 13.7. The SMILES string of the molecule is CCC(C)NC(=O)Cn1c(C)ccc(C#N)c1=O. The first-order chi connectivity index (χ1) is 8.49. The lowest BCUT2D eigenvalue weighted by molar-refractivity contribution is -0.122. The fourth-order valence-corrected chi connectivity index (χ4v) is 1.52. The Morgan fingerprint density at radius 1 is 1.56 bits per heavy atom. The Morgan fingerprint density at radius 2 is 2.22 bits per heavy atom. The van der Waals surface area contributed by atoms with E-state index in [1.54, 1.807) is 13.0 Å². The van der Waals surface area contributed by atoms with Crippen LogP contribution in [0, 0.1) is 18.3 Å². The quantitative estimate of drug-likeness (QED) is 0.860. The van der Waals surface area contributed by atoms with Crippen LogP contribution < -0.4 is 10.9 Å². The molecule has 0 fully saturated rings. The first-order valence-electron chi connectivity index (χ1n) is 5.89. The van der Waals surface area contributed by atoms with Gasteiger partial charge in [0.15, 0.2) is 0 Å². The summed E-state index contributed by atoms with van der Waals surface area (Å²) in [7, 11) is 0. The Hall–Kier alpha value is -2.09. The number of hydrogen-bond acceptors (Lipinski definition) is 3. The highest BCUT2D eigenvalue weighted by atomic mass is 16.2. The average Bonchev–Trinajstić information content (AvgIpc) is 2.34. The summed E-state index contributed by atoms with van der Waals surface area (Å²) in [6.45, 7) is 5.56. The van der Waals surface area contributed by atoms with E-state index >= 15 is 0 Å². The minimum atomic E-state index is -0.420. The van der Waals surface area contributed by atoms with Crippen molar-refractivity contribution in [2.75, 3.05) is 0 Å². The molecule has 96 valence electrons. The monoisotopic (exact) mass is 247 g/mol. The van der Waals surface area contributed by atoms with E-state index < -0.39 is 5.56 Å². The second-order valence-corrected chi connectivity index (χ2v) is 4.27. The van der Waals surface area contributed by atoms with E-state index in [0.29, 0.717) is 5.69 Å². The van der Waals surface area contributed by atoms with Crippen LogP contribution >= 0.6 is 0 Å². The molecule has 1 aromatic rings. The molecule has 0 saturated heterocycles. The second-order valence-electron chi connectivity index (χ2n) is 4.27. The van der Waals surface area contributed by atoms with E-state index in [9.17, 15) is 9.59 Å². The van der Waals surface area contributed by atoms with Crippen molar-refractivity contribution in [3.05, 3.63) is 33.7 Å². The van der Waals surface area contributed by atoms with Crippen LogP contribution in [0.25, 0.3) is 0 Å². The molecule has 0 bridgehead atoms. The summed E-state index contributed by atoms with van der Waals surface area (Å²) in [6, 6.07) is 5.04. The molecule has 5 heteroatoms. The number of aryl methyl sites for hydroxylation is 1. The standard InChI is InChI=1S/C13H17N3O2/c1-4-9(2)15-12(17)8-16-10(3)5-6-11(7-14)13(16)18/h5-6,9H,4,8H2,1-3H3,(H,15,17). The molecule has 1 aromatic heterocycles. The summed E-state index contributed by atoms with van der Waals surface area (Å²) in [5.41, 5.74) is 0.298. The van der Waals surface area contributed by atoms with Crippen molar-refractivity contribution in [1.82, 2.24) is 9.88 Å². The van der Waals surface area contributed by atoms with E-state index in [4.69, 9.17) is 5.26 Å². The fraction of sp³-hybridized carbons (Fsp3) is 0.462. The van der Waals surface area contributed by atoms with Crippen LogP contribution in [0.4, 0.5) is 0 Å². The van der Waals surface area contributed by atoms with Crippen LogP contribution in [-0.2, 0) is 11.3 Å². The van der Waals surface area contributed by atoms with E-state index in [1.807, 2.05) is 19.9 Å². The number of amides is 1. The van der Waals surface area contributed by atoms with Gasteiger partial charge in [-0.05, 0) is 32.4 Å². The average molecular weight is 247 g/mol. The maximum atomic E-state index is 11.9. The first kappa shape index (κ1) is 14.0. The molecule has 0 aliphatic rings. The molecular weight excluding hydrogens is 230 g/mol. The van der Waals surface area contributed by atoms with Gasteiger partial charge in [0.1, 0.15) is 18.2 Å². The van der Waals surface area contributed by atoms with Gasteiger partial charge in [-0.3, -0.25) is 9.59 Å². The molecule has 18 heavy (non-hydrogen) atoms. The summed E-state index contributed by atoms with van der Waals surface area (Å²) < 4.78 is 1.32. The van der Waals surface area contributed by atoms with E-state index in [2.05, 4.69) is 5.32 Å². The van der Waals surface area contributed by atoms with E-state index in [-0.39, 0.29) is 24.1 Å². The molecule has 0 spiro atoms. The smallest absolute Gasteiger partial charge is 0.269 e. The highest BCUT2D eigenvalue weighted by Gasteiger charge is 2.11. The number of carbonyl (C=O) groups is 1. The third-order valence-corrected chi connectivity index (χ3v) is 2.83. The van der Waals surface area contributed by atoms with Crippen LogP contribution in [0.5, 0.6) is 0 Å². The van der Waals surface area contributed by atoms with Gasteiger partial charge in [-0.1, -0.05) is 6.92 Å². The molecule has 1 atom stereocenters. The minimum Gasteiger partial charge on any atom is -0.352 e. The lowest BCUT2D eigenvalue weighted by atomic mass is 10.2. The molecule has 1 amide bonds. The molecule has 0 saturated carbocycles. The van der Waals surface area contributed by atoms with Crippen LogP contribution in [-0.4, -0.2) is 16.5 Å². The van der Waals surface area contributed by atoms with Crippen molar-refractivity contribution in [2.24, 2.45) is 0 Å². The van der Waals surface area contributed by atoms with Gasteiger partial charge in [0, 0.05) is 11.7 Å². The molecular formula is C13H17N3O2. The predicted octanol–water partition coefficient (Wildman–Crippen LogP) is 0.943. The number of nitriles is 1. The Balaban J connectivity index is 2.95. The van der Waals surface area contributed by atoms with Crippen molar-refractivity contribution in [2.45, 2.75) is 39.8 Å². The molecule has 0 aromatic carbocycles. The minimum absolute atomic E-state index is 0.0511. The highest BCUT2D eigenvalue weighted by molar-refractivity contribution is 5.76. The Bertz CT molecular complexity index is 540. The van der Waals surface area contributed by atoms with Gasteiger partial charge in [0.05, 0.1) is 0 Å². The Labute approximate surface area is 106 Å². The second kappa shape index (κ2) is 6.01. The molecule has 1 rings (SSSR count). The summed E-state index contributed by atoms with van der Waals surface area (Å²) >= 11 is 0. The van der Waals surface area contributed by atoms with Gasteiger partial charge in [0.25, 0.3) is 5.56 Å². The zero-order valence-corrected chi connectivity index (χ0v) is 10.9.